The average molecular weight is 698 g/mol. The molecule has 1 fully saturated rings. The summed E-state index contributed by atoms with van der Waals surface area (Å²) in [6.45, 7) is 15.3. The molecule has 0 aliphatic carbocycles. The van der Waals surface area contributed by atoms with Crippen LogP contribution in [0, 0.1) is 0 Å². The zero-order valence-corrected chi connectivity index (χ0v) is 29.8. The molecular weight excluding hydrogens is 630 g/mol. The number of piperidine rings is 1. The second-order valence-corrected chi connectivity index (χ2v) is 11.0. The van der Waals surface area contributed by atoms with Crippen molar-refractivity contribution in [3.05, 3.63) is 0 Å². The van der Waals surface area contributed by atoms with E-state index in [0.29, 0.717) is 151 Å². The lowest BCUT2D eigenvalue weighted by Gasteiger charge is -2.22. The minimum Gasteiger partial charge on any atom is -0.463 e. The molecule has 0 unspecified atom stereocenters. The second-order valence-electron chi connectivity index (χ2n) is 11.0. The van der Waals surface area contributed by atoms with Crippen molar-refractivity contribution in [1.82, 2.24) is 5.32 Å². The third-order valence-electron chi connectivity index (χ3n) is 6.94. The summed E-state index contributed by atoms with van der Waals surface area (Å²) in [6, 6.07) is 0. The van der Waals surface area contributed by atoms with Crippen LogP contribution >= 0.6 is 0 Å². The number of hydrogen-bond acceptors (Lipinski definition) is 14. The molecule has 286 valence electrons. The molecule has 0 aromatic heterocycles. The van der Waals surface area contributed by atoms with Crippen molar-refractivity contribution in [2.45, 2.75) is 58.0 Å². The van der Waals surface area contributed by atoms with Crippen LogP contribution in [0.15, 0.2) is 0 Å². The maximum Gasteiger partial charge on any atom is 0.305 e. The zero-order chi connectivity index (χ0) is 34.3. The molecule has 0 amide bonds. The van der Waals surface area contributed by atoms with E-state index in [2.05, 4.69) is 12.2 Å². The van der Waals surface area contributed by atoms with Gasteiger partial charge in [-0.1, -0.05) is 26.2 Å². The summed E-state index contributed by atoms with van der Waals surface area (Å²) in [5.74, 6) is -0.151. The lowest BCUT2D eigenvalue weighted by molar-refractivity contribution is -0.145. The van der Waals surface area contributed by atoms with Gasteiger partial charge in [0.15, 0.2) is 0 Å². The van der Waals surface area contributed by atoms with Gasteiger partial charge < -0.3 is 62.2 Å². The molecule has 0 saturated carbocycles. The fourth-order valence-corrected chi connectivity index (χ4v) is 4.30. The van der Waals surface area contributed by atoms with Gasteiger partial charge in [-0.15, -0.1) is 0 Å². The third-order valence-corrected chi connectivity index (χ3v) is 6.94. The topological polar surface area (TPSA) is 140 Å². The van der Waals surface area contributed by atoms with Crippen molar-refractivity contribution in [1.29, 1.82) is 0 Å². The van der Waals surface area contributed by atoms with E-state index in [-0.39, 0.29) is 12.6 Å². The smallest absolute Gasteiger partial charge is 0.305 e. The number of carbonyl (C=O) groups excluding carboxylic acids is 1. The number of hydrogen-bond donors (Lipinski definition) is 1. The lowest BCUT2D eigenvalue weighted by atomic mass is 10.1. The number of esters is 1. The van der Waals surface area contributed by atoms with Gasteiger partial charge in [-0.25, -0.2) is 0 Å². The summed E-state index contributed by atoms with van der Waals surface area (Å²) >= 11 is 0. The summed E-state index contributed by atoms with van der Waals surface area (Å²) < 4.78 is 65.7. The Morgan fingerprint density at radius 3 is 1.15 bits per heavy atom. The normalized spacial score (nSPS) is 13.8. The molecule has 1 saturated heterocycles. The Labute approximate surface area is 289 Å². The molecule has 48 heavy (non-hydrogen) atoms. The number of unbranched alkanes of at least 4 members (excludes halogenated alkanes) is 3. The Balaban J connectivity index is 1.61. The van der Waals surface area contributed by atoms with Crippen LogP contribution in [0.1, 0.15) is 51.9 Å². The SMILES string of the molecule is CCCCCCC(=O)OCCOCCOCCOCCOCCOCCOCCOCCOCCOCCOCCOC1CCNCC1. The summed E-state index contributed by atoms with van der Waals surface area (Å²) in [7, 11) is 0. The van der Waals surface area contributed by atoms with E-state index in [1.54, 1.807) is 0 Å². The Hall–Kier alpha value is -1.01. The van der Waals surface area contributed by atoms with Crippen molar-refractivity contribution in [3.8, 4) is 0 Å². The van der Waals surface area contributed by atoms with E-state index >= 15 is 0 Å². The Bertz CT molecular complexity index is 644. The molecule has 1 aliphatic heterocycles. The van der Waals surface area contributed by atoms with E-state index in [1.807, 2.05) is 0 Å². The summed E-state index contributed by atoms with van der Waals surface area (Å²) in [5, 5.41) is 3.33. The van der Waals surface area contributed by atoms with Gasteiger partial charge in [0.2, 0.25) is 0 Å². The van der Waals surface area contributed by atoms with Crippen LogP contribution in [-0.4, -0.2) is 171 Å². The van der Waals surface area contributed by atoms with Gasteiger partial charge in [-0.2, -0.15) is 0 Å². The van der Waals surface area contributed by atoms with Crippen molar-refractivity contribution in [2.75, 3.05) is 158 Å². The maximum absolute atomic E-state index is 11.5. The van der Waals surface area contributed by atoms with Gasteiger partial charge in [-0.3, -0.25) is 4.79 Å². The minimum absolute atomic E-state index is 0.151. The predicted molar refractivity (Wildman–Crippen MR) is 180 cm³/mol. The van der Waals surface area contributed by atoms with Gasteiger partial charge in [0.05, 0.1) is 145 Å². The highest BCUT2D eigenvalue weighted by Crippen LogP contribution is 2.06. The third kappa shape index (κ3) is 34.8. The van der Waals surface area contributed by atoms with Crippen LogP contribution in [0.4, 0.5) is 0 Å². The van der Waals surface area contributed by atoms with Crippen LogP contribution in [0.3, 0.4) is 0 Å². The van der Waals surface area contributed by atoms with Crippen LogP contribution in [0.2, 0.25) is 0 Å². The van der Waals surface area contributed by atoms with Gasteiger partial charge in [0, 0.05) is 6.42 Å². The maximum atomic E-state index is 11.5. The molecule has 0 bridgehead atoms. The van der Waals surface area contributed by atoms with Gasteiger partial charge in [0.25, 0.3) is 0 Å². The van der Waals surface area contributed by atoms with Crippen molar-refractivity contribution in [3.63, 3.8) is 0 Å². The minimum atomic E-state index is -0.151. The molecule has 0 radical (unpaired) electrons. The lowest BCUT2D eigenvalue weighted by Crippen LogP contribution is -2.33. The standard InChI is InChI=1S/C34H67NO13/c1-2-3-4-5-6-34(36)48-32-30-46-28-26-44-24-22-42-20-18-40-16-14-38-12-11-37-13-15-39-17-19-41-21-23-43-25-27-45-29-31-47-33-7-9-35-10-8-33/h33,35H,2-32H2,1H3. The first-order valence-corrected chi connectivity index (χ1v) is 18.1. The Morgan fingerprint density at radius 2 is 0.792 bits per heavy atom. The van der Waals surface area contributed by atoms with Crippen molar-refractivity contribution >= 4 is 5.97 Å². The molecule has 0 aromatic rings. The molecular formula is C34H67NO13. The first-order chi connectivity index (χ1) is 23.8. The first-order valence-electron chi connectivity index (χ1n) is 18.1. The van der Waals surface area contributed by atoms with Gasteiger partial charge >= 0.3 is 5.97 Å². The van der Waals surface area contributed by atoms with E-state index in [0.717, 1.165) is 51.6 Å². The highest BCUT2D eigenvalue weighted by atomic mass is 16.6. The van der Waals surface area contributed by atoms with E-state index in [4.69, 9.17) is 56.8 Å². The van der Waals surface area contributed by atoms with E-state index < -0.39 is 0 Å². The number of carbonyl (C=O) groups is 1. The number of ether oxygens (including phenoxy) is 12. The van der Waals surface area contributed by atoms with Gasteiger partial charge in [-0.05, 0) is 32.4 Å². The van der Waals surface area contributed by atoms with Crippen LogP contribution in [-0.2, 0) is 61.6 Å². The second kappa shape index (κ2) is 38.8. The van der Waals surface area contributed by atoms with Gasteiger partial charge in [0.1, 0.15) is 6.61 Å². The molecule has 14 heteroatoms. The molecule has 0 aromatic carbocycles. The molecule has 0 spiro atoms. The number of rotatable bonds is 39. The molecule has 1 aliphatic rings. The fourth-order valence-electron chi connectivity index (χ4n) is 4.30. The summed E-state index contributed by atoms with van der Waals surface area (Å²) in [5.41, 5.74) is 0. The molecule has 14 nitrogen and oxygen atoms in total. The molecule has 1 heterocycles. The van der Waals surface area contributed by atoms with E-state index in [9.17, 15) is 4.79 Å². The van der Waals surface area contributed by atoms with E-state index in [1.165, 1.54) is 0 Å². The molecule has 1 N–H and O–H groups in total. The van der Waals surface area contributed by atoms with Crippen molar-refractivity contribution in [2.24, 2.45) is 0 Å². The van der Waals surface area contributed by atoms with Crippen LogP contribution in [0.5, 0.6) is 0 Å². The van der Waals surface area contributed by atoms with Crippen LogP contribution < -0.4 is 5.32 Å². The van der Waals surface area contributed by atoms with Crippen LogP contribution in [0.25, 0.3) is 0 Å². The predicted octanol–water partition coefficient (Wildman–Crippen LogP) is 2.43. The largest absolute Gasteiger partial charge is 0.463 e. The monoisotopic (exact) mass is 697 g/mol. The first kappa shape index (κ1) is 45.0. The number of nitrogens with one attached hydrogen (secondary N) is 1. The molecule has 0 atom stereocenters. The highest BCUT2D eigenvalue weighted by molar-refractivity contribution is 5.69. The summed E-state index contributed by atoms with van der Waals surface area (Å²) in [4.78, 5) is 11.5. The quantitative estimate of drug-likeness (QED) is 0.0743. The summed E-state index contributed by atoms with van der Waals surface area (Å²) in [6.07, 6.45) is 7.29. The zero-order valence-electron chi connectivity index (χ0n) is 29.8. The fraction of sp³-hybridized carbons (Fsp3) is 0.971. The average Bonchev–Trinajstić information content (AvgIpc) is 3.10. The van der Waals surface area contributed by atoms with Crippen molar-refractivity contribution < 1.29 is 61.6 Å². The Morgan fingerprint density at radius 1 is 0.458 bits per heavy atom. The molecule has 1 rings (SSSR count). The Kier molecular flexibility index (Phi) is 36.4. The highest BCUT2D eigenvalue weighted by Gasteiger charge is 2.12.